The van der Waals surface area contributed by atoms with Gasteiger partial charge in [-0.2, -0.15) is 0 Å². The molecular weight excluding hydrogens is 258 g/mol. The zero-order valence-electron chi connectivity index (χ0n) is 9.46. The lowest BCUT2D eigenvalue weighted by atomic mass is 10.1. The number of aromatic nitrogens is 1. The van der Waals surface area contributed by atoms with Crippen LogP contribution in [-0.2, 0) is 6.42 Å². The highest BCUT2D eigenvalue weighted by molar-refractivity contribution is 6.30. The van der Waals surface area contributed by atoms with Crippen molar-refractivity contribution >= 4 is 17.4 Å². The fourth-order valence-corrected chi connectivity index (χ4v) is 1.71. The molecule has 0 amide bonds. The number of benzene rings is 1. The van der Waals surface area contributed by atoms with Crippen molar-refractivity contribution in [2.24, 2.45) is 0 Å². The van der Waals surface area contributed by atoms with Gasteiger partial charge in [0, 0.05) is 12.7 Å². The summed E-state index contributed by atoms with van der Waals surface area (Å²) in [6, 6.07) is 7.49. The first-order valence-electron chi connectivity index (χ1n) is 5.44. The summed E-state index contributed by atoms with van der Waals surface area (Å²) < 4.78 is 26.3. The molecule has 1 heterocycles. The molecule has 18 heavy (non-hydrogen) atoms. The number of anilines is 1. The maximum absolute atomic E-state index is 13.4. The molecule has 0 aliphatic rings. The third kappa shape index (κ3) is 3.40. The van der Waals surface area contributed by atoms with Gasteiger partial charge >= 0.3 is 0 Å². The highest BCUT2D eigenvalue weighted by Gasteiger charge is 2.03. The van der Waals surface area contributed by atoms with E-state index in [1.807, 2.05) is 6.07 Å². The highest BCUT2D eigenvalue weighted by atomic mass is 35.5. The van der Waals surface area contributed by atoms with E-state index < -0.39 is 5.82 Å². The van der Waals surface area contributed by atoms with Crippen molar-refractivity contribution in [1.82, 2.24) is 4.98 Å². The second kappa shape index (κ2) is 5.78. The van der Waals surface area contributed by atoms with Gasteiger partial charge in [-0.05, 0) is 30.2 Å². The van der Waals surface area contributed by atoms with E-state index in [0.717, 1.165) is 5.56 Å². The Kier molecular flexibility index (Phi) is 4.10. The monoisotopic (exact) mass is 268 g/mol. The predicted octanol–water partition coefficient (Wildman–Crippen LogP) is 3.67. The molecule has 94 valence electrons. The summed E-state index contributed by atoms with van der Waals surface area (Å²) in [5.74, 6) is -0.624. The third-order valence-corrected chi connectivity index (χ3v) is 2.61. The molecule has 0 bridgehead atoms. The molecule has 0 spiro atoms. The van der Waals surface area contributed by atoms with Crippen molar-refractivity contribution in [2.45, 2.75) is 6.42 Å². The molecule has 0 radical (unpaired) electrons. The second-order valence-corrected chi connectivity index (χ2v) is 4.23. The molecule has 0 aliphatic heterocycles. The van der Waals surface area contributed by atoms with Crippen LogP contribution in [0.3, 0.4) is 0 Å². The van der Waals surface area contributed by atoms with E-state index in [4.69, 9.17) is 11.6 Å². The number of nitrogens with zero attached hydrogens (tertiary/aromatic N) is 1. The summed E-state index contributed by atoms with van der Waals surface area (Å²) in [5.41, 5.74) is 0.844. The Balaban J connectivity index is 1.92. The summed E-state index contributed by atoms with van der Waals surface area (Å²) in [6.45, 7) is 0.467. The van der Waals surface area contributed by atoms with E-state index in [9.17, 15) is 8.78 Å². The summed E-state index contributed by atoms with van der Waals surface area (Å²) >= 11 is 5.59. The molecule has 2 nitrogen and oxygen atoms in total. The number of hydrogen-bond acceptors (Lipinski definition) is 2. The molecule has 2 rings (SSSR count). The average molecular weight is 269 g/mol. The topological polar surface area (TPSA) is 24.9 Å². The van der Waals surface area contributed by atoms with Crippen LogP contribution in [0.15, 0.2) is 36.5 Å². The zero-order chi connectivity index (χ0) is 13.0. The summed E-state index contributed by atoms with van der Waals surface area (Å²) in [6.07, 6.45) is 1.96. The van der Waals surface area contributed by atoms with E-state index in [-0.39, 0.29) is 16.7 Å². The van der Waals surface area contributed by atoms with Crippen molar-refractivity contribution in [1.29, 1.82) is 0 Å². The van der Waals surface area contributed by atoms with E-state index >= 15 is 0 Å². The minimum Gasteiger partial charge on any atom is -0.367 e. The molecule has 5 heteroatoms. The normalized spacial score (nSPS) is 10.4. The minimum atomic E-state index is -0.498. The first-order valence-corrected chi connectivity index (χ1v) is 5.82. The first kappa shape index (κ1) is 12.8. The fourth-order valence-electron chi connectivity index (χ4n) is 1.56. The second-order valence-electron chi connectivity index (χ2n) is 3.79. The molecule has 1 N–H and O–H groups in total. The molecule has 0 atom stereocenters. The minimum absolute atomic E-state index is 0.149. The van der Waals surface area contributed by atoms with Crippen LogP contribution >= 0.6 is 11.6 Å². The summed E-state index contributed by atoms with van der Waals surface area (Å²) in [5, 5.41) is 3.09. The number of rotatable bonds is 4. The first-order chi connectivity index (χ1) is 8.65. The Hall–Kier alpha value is -1.68. The zero-order valence-corrected chi connectivity index (χ0v) is 10.2. The Morgan fingerprint density at radius 1 is 1.22 bits per heavy atom. The van der Waals surface area contributed by atoms with Crippen molar-refractivity contribution in [3.05, 3.63) is 58.7 Å². The van der Waals surface area contributed by atoms with Crippen molar-refractivity contribution < 1.29 is 8.78 Å². The molecule has 0 unspecified atom stereocenters. The van der Waals surface area contributed by atoms with Gasteiger partial charge in [0.15, 0.2) is 11.6 Å². The molecule has 0 fully saturated rings. The number of nitrogens with one attached hydrogen (secondary N) is 1. The lowest BCUT2D eigenvalue weighted by Gasteiger charge is -2.06. The van der Waals surface area contributed by atoms with Gasteiger partial charge in [-0.15, -0.1) is 0 Å². The molecule has 1 aromatic carbocycles. The van der Waals surface area contributed by atoms with Crippen LogP contribution < -0.4 is 5.32 Å². The Bertz CT molecular complexity index is 546. The average Bonchev–Trinajstić information content (AvgIpc) is 2.32. The molecule has 1 aromatic heterocycles. The molecule has 0 saturated heterocycles. The Labute approximate surface area is 109 Å². The fraction of sp³-hybridized carbons (Fsp3) is 0.154. The molecule has 2 aromatic rings. The van der Waals surface area contributed by atoms with Gasteiger partial charge in [0.05, 0.1) is 5.02 Å². The maximum Gasteiger partial charge on any atom is 0.166 e. The van der Waals surface area contributed by atoms with Gasteiger partial charge in [-0.1, -0.05) is 23.7 Å². The van der Waals surface area contributed by atoms with Crippen molar-refractivity contribution in [2.75, 3.05) is 11.9 Å². The van der Waals surface area contributed by atoms with Crippen LogP contribution in [0, 0.1) is 11.6 Å². The van der Waals surface area contributed by atoms with Crippen LogP contribution in [0.25, 0.3) is 0 Å². The van der Waals surface area contributed by atoms with Gasteiger partial charge in [-0.3, -0.25) is 0 Å². The standard InChI is InChI=1S/C13H11ClF2N2/c14-10-7-12(16)13(18-8-10)17-5-4-9-2-1-3-11(15)6-9/h1-3,6-8H,4-5H2,(H,17,18). The molecule has 0 saturated carbocycles. The van der Waals surface area contributed by atoms with E-state index in [1.165, 1.54) is 24.4 Å². The Morgan fingerprint density at radius 3 is 2.78 bits per heavy atom. The van der Waals surface area contributed by atoms with Crippen LogP contribution in [-0.4, -0.2) is 11.5 Å². The summed E-state index contributed by atoms with van der Waals surface area (Å²) in [4.78, 5) is 3.83. The van der Waals surface area contributed by atoms with Crippen LogP contribution in [0.1, 0.15) is 5.56 Å². The van der Waals surface area contributed by atoms with Crippen LogP contribution in [0.5, 0.6) is 0 Å². The number of pyridine rings is 1. The molecule has 0 aliphatic carbocycles. The lowest BCUT2D eigenvalue weighted by Crippen LogP contribution is -2.08. The van der Waals surface area contributed by atoms with E-state index in [2.05, 4.69) is 10.3 Å². The van der Waals surface area contributed by atoms with E-state index in [1.54, 1.807) is 6.07 Å². The third-order valence-electron chi connectivity index (χ3n) is 2.40. The van der Waals surface area contributed by atoms with Crippen molar-refractivity contribution in [3.8, 4) is 0 Å². The van der Waals surface area contributed by atoms with Gasteiger partial charge in [0.2, 0.25) is 0 Å². The lowest BCUT2D eigenvalue weighted by molar-refractivity contribution is 0.622. The number of halogens is 3. The van der Waals surface area contributed by atoms with Crippen LogP contribution in [0.2, 0.25) is 5.02 Å². The van der Waals surface area contributed by atoms with Gasteiger partial charge in [0.25, 0.3) is 0 Å². The maximum atomic E-state index is 13.4. The molecular formula is C13H11ClF2N2. The predicted molar refractivity (Wildman–Crippen MR) is 67.8 cm³/mol. The quantitative estimate of drug-likeness (QED) is 0.915. The van der Waals surface area contributed by atoms with Gasteiger partial charge in [0.1, 0.15) is 5.82 Å². The van der Waals surface area contributed by atoms with Gasteiger partial charge < -0.3 is 5.32 Å². The van der Waals surface area contributed by atoms with Crippen molar-refractivity contribution in [3.63, 3.8) is 0 Å². The Morgan fingerprint density at radius 2 is 2.06 bits per heavy atom. The largest absolute Gasteiger partial charge is 0.367 e. The smallest absolute Gasteiger partial charge is 0.166 e. The number of hydrogen-bond donors (Lipinski definition) is 1. The highest BCUT2D eigenvalue weighted by Crippen LogP contribution is 2.15. The van der Waals surface area contributed by atoms with Crippen LogP contribution in [0.4, 0.5) is 14.6 Å². The SMILES string of the molecule is Fc1cccc(CCNc2ncc(Cl)cc2F)c1. The summed E-state index contributed by atoms with van der Waals surface area (Å²) in [7, 11) is 0. The van der Waals surface area contributed by atoms with E-state index in [0.29, 0.717) is 13.0 Å². The van der Waals surface area contributed by atoms with Gasteiger partial charge in [-0.25, -0.2) is 13.8 Å².